The number of nitrogens with one attached hydrogen (secondary N) is 2. The second-order valence-corrected chi connectivity index (χ2v) is 10.0. The number of nitrogens with zero attached hydrogens (tertiary/aromatic N) is 1. The van der Waals surface area contributed by atoms with Crippen LogP contribution >= 0.6 is 23.2 Å². The van der Waals surface area contributed by atoms with Crippen LogP contribution in [0.3, 0.4) is 0 Å². The summed E-state index contributed by atoms with van der Waals surface area (Å²) in [6, 6.07) is 11.4. The molecule has 164 valence electrons. The standard InChI is InChI=1S/C20H19Cl2N3O5S/c21-16-5-4-12(9-17(16)22)18-14(10-23-6-7-29-18)11-31(27,28)15-3-1-2-13(8-15)19-24-20(26)30-25-19/h1-5,8-9,14,18,23H,6-7,10-11H2,(H,24,25,26)/t14-,18-/m0/s1. The van der Waals surface area contributed by atoms with Gasteiger partial charge in [-0.1, -0.05) is 46.6 Å². The first kappa shape index (κ1) is 22.0. The Hall–Kier alpha value is -2.17. The van der Waals surface area contributed by atoms with Crippen molar-refractivity contribution in [3.05, 3.63) is 68.6 Å². The summed E-state index contributed by atoms with van der Waals surface area (Å²) in [5.41, 5.74) is 1.20. The van der Waals surface area contributed by atoms with Crippen LogP contribution in [0.4, 0.5) is 0 Å². The molecule has 0 bridgehead atoms. The fourth-order valence-electron chi connectivity index (χ4n) is 3.56. The van der Waals surface area contributed by atoms with E-state index in [0.717, 1.165) is 5.56 Å². The third-order valence-corrected chi connectivity index (χ3v) is 7.60. The van der Waals surface area contributed by atoms with Crippen molar-refractivity contribution in [2.45, 2.75) is 11.0 Å². The molecule has 1 aliphatic rings. The maximum Gasteiger partial charge on any atom is 0.439 e. The number of aromatic nitrogens is 2. The van der Waals surface area contributed by atoms with Gasteiger partial charge < -0.3 is 10.1 Å². The molecular formula is C20H19Cl2N3O5S. The number of hydrogen-bond acceptors (Lipinski definition) is 7. The van der Waals surface area contributed by atoms with E-state index in [1.807, 2.05) is 0 Å². The number of rotatable bonds is 5. The molecule has 1 fully saturated rings. The Kier molecular flexibility index (Phi) is 6.49. The average molecular weight is 484 g/mol. The summed E-state index contributed by atoms with van der Waals surface area (Å²) in [5.74, 6) is -1.06. The highest BCUT2D eigenvalue weighted by Crippen LogP contribution is 2.34. The van der Waals surface area contributed by atoms with E-state index in [9.17, 15) is 13.2 Å². The molecule has 0 saturated carbocycles. The molecule has 0 aliphatic carbocycles. The highest BCUT2D eigenvalue weighted by molar-refractivity contribution is 7.91. The molecule has 2 heterocycles. The summed E-state index contributed by atoms with van der Waals surface area (Å²) in [5, 5.41) is 7.65. The number of aromatic amines is 1. The molecule has 1 saturated heterocycles. The van der Waals surface area contributed by atoms with Crippen LogP contribution in [0, 0.1) is 5.92 Å². The Morgan fingerprint density at radius 2 is 1.97 bits per heavy atom. The average Bonchev–Trinajstić information content (AvgIpc) is 3.06. The smallest absolute Gasteiger partial charge is 0.372 e. The summed E-state index contributed by atoms with van der Waals surface area (Å²) >= 11 is 12.2. The summed E-state index contributed by atoms with van der Waals surface area (Å²) < 4.78 is 37.0. The van der Waals surface area contributed by atoms with Crippen molar-refractivity contribution in [2.24, 2.45) is 5.92 Å². The number of hydrogen-bond donors (Lipinski definition) is 2. The Morgan fingerprint density at radius 1 is 1.13 bits per heavy atom. The molecule has 1 aromatic heterocycles. The number of ether oxygens (including phenoxy) is 1. The Bertz CT molecular complexity index is 1240. The minimum Gasteiger partial charge on any atom is -0.372 e. The molecule has 0 unspecified atom stereocenters. The molecule has 2 aromatic carbocycles. The highest BCUT2D eigenvalue weighted by Gasteiger charge is 2.32. The summed E-state index contributed by atoms with van der Waals surface area (Å²) in [6.45, 7) is 1.51. The van der Waals surface area contributed by atoms with Gasteiger partial charge in [-0.25, -0.2) is 13.2 Å². The van der Waals surface area contributed by atoms with Crippen LogP contribution in [0.2, 0.25) is 10.0 Å². The molecule has 31 heavy (non-hydrogen) atoms. The molecule has 2 atom stereocenters. The SMILES string of the molecule is O=c1[nH]c(-c2cccc(S(=O)(=O)C[C@@H]3CNCCO[C@H]3c3ccc(Cl)c(Cl)c3)c2)no1. The first-order chi connectivity index (χ1) is 14.8. The van der Waals surface area contributed by atoms with E-state index in [-0.39, 0.29) is 22.4 Å². The number of H-pyrrole nitrogens is 1. The topological polar surface area (TPSA) is 114 Å². The fourth-order valence-corrected chi connectivity index (χ4v) is 5.51. The lowest BCUT2D eigenvalue weighted by atomic mass is 9.97. The highest BCUT2D eigenvalue weighted by atomic mass is 35.5. The van der Waals surface area contributed by atoms with Gasteiger partial charge >= 0.3 is 5.76 Å². The van der Waals surface area contributed by atoms with Crippen LogP contribution in [-0.4, -0.2) is 44.0 Å². The van der Waals surface area contributed by atoms with Crippen LogP contribution in [0.25, 0.3) is 11.4 Å². The second-order valence-electron chi connectivity index (χ2n) is 7.18. The zero-order valence-corrected chi connectivity index (χ0v) is 18.5. The molecule has 11 heteroatoms. The Balaban J connectivity index is 1.63. The lowest BCUT2D eigenvalue weighted by molar-refractivity contribution is 0.0369. The maximum absolute atomic E-state index is 13.3. The van der Waals surface area contributed by atoms with Crippen molar-refractivity contribution in [2.75, 3.05) is 25.4 Å². The zero-order chi connectivity index (χ0) is 22.0. The first-order valence-corrected chi connectivity index (χ1v) is 11.9. The van der Waals surface area contributed by atoms with Crippen LogP contribution < -0.4 is 11.1 Å². The normalized spacial score (nSPS) is 19.8. The fraction of sp³-hybridized carbons (Fsp3) is 0.300. The van der Waals surface area contributed by atoms with E-state index in [1.54, 1.807) is 30.3 Å². The minimum absolute atomic E-state index is 0.117. The van der Waals surface area contributed by atoms with Gasteiger partial charge in [-0.15, -0.1) is 0 Å². The Morgan fingerprint density at radius 3 is 2.71 bits per heavy atom. The monoisotopic (exact) mass is 483 g/mol. The van der Waals surface area contributed by atoms with Crippen molar-refractivity contribution >= 4 is 33.0 Å². The van der Waals surface area contributed by atoms with E-state index < -0.39 is 21.7 Å². The molecule has 0 spiro atoms. The lowest BCUT2D eigenvalue weighted by Gasteiger charge is -2.25. The van der Waals surface area contributed by atoms with Crippen LogP contribution in [0.1, 0.15) is 11.7 Å². The van der Waals surface area contributed by atoms with Crippen molar-refractivity contribution in [1.82, 2.24) is 15.5 Å². The third kappa shape index (κ3) is 5.02. The molecule has 0 amide bonds. The van der Waals surface area contributed by atoms with Crippen molar-refractivity contribution < 1.29 is 17.7 Å². The van der Waals surface area contributed by atoms with Crippen LogP contribution in [-0.2, 0) is 14.6 Å². The maximum atomic E-state index is 13.3. The van der Waals surface area contributed by atoms with Gasteiger partial charge in [-0.3, -0.25) is 9.51 Å². The van der Waals surface area contributed by atoms with Gasteiger partial charge in [0.15, 0.2) is 15.7 Å². The molecule has 8 nitrogen and oxygen atoms in total. The predicted octanol–water partition coefficient (Wildman–Crippen LogP) is 3.09. The van der Waals surface area contributed by atoms with E-state index >= 15 is 0 Å². The number of benzene rings is 2. The molecule has 2 N–H and O–H groups in total. The Labute approximate surface area is 188 Å². The van der Waals surface area contributed by atoms with Gasteiger partial charge in [-0.05, 0) is 29.8 Å². The molecule has 0 radical (unpaired) electrons. The lowest BCUT2D eigenvalue weighted by Crippen LogP contribution is -2.30. The van der Waals surface area contributed by atoms with Crippen molar-refractivity contribution in [3.63, 3.8) is 0 Å². The summed E-state index contributed by atoms with van der Waals surface area (Å²) in [6.07, 6.45) is -0.463. The summed E-state index contributed by atoms with van der Waals surface area (Å²) in [7, 11) is -3.69. The van der Waals surface area contributed by atoms with Crippen molar-refractivity contribution in [1.29, 1.82) is 0 Å². The van der Waals surface area contributed by atoms with Gasteiger partial charge in [0.1, 0.15) is 0 Å². The molecular weight excluding hydrogens is 465 g/mol. The zero-order valence-electron chi connectivity index (χ0n) is 16.2. The number of halogens is 2. The quantitative estimate of drug-likeness (QED) is 0.572. The van der Waals surface area contributed by atoms with Gasteiger partial charge in [0.25, 0.3) is 0 Å². The van der Waals surface area contributed by atoms with Crippen molar-refractivity contribution in [3.8, 4) is 11.4 Å². The number of sulfone groups is 1. The van der Waals surface area contributed by atoms with E-state index in [1.165, 1.54) is 12.1 Å². The van der Waals surface area contributed by atoms with E-state index in [0.29, 0.717) is 35.3 Å². The van der Waals surface area contributed by atoms with Gasteiger partial charge in [0, 0.05) is 24.6 Å². The molecule has 4 rings (SSSR count). The molecule has 3 aromatic rings. The van der Waals surface area contributed by atoms with Gasteiger partial charge in [0.05, 0.1) is 33.4 Å². The van der Waals surface area contributed by atoms with Crippen LogP contribution in [0.15, 0.2) is 56.7 Å². The van der Waals surface area contributed by atoms with E-state index in [4.69, 9.17) is 27.9 Å². The van der Waals surface area contributed by atoms with E-state index in [2.05, 4.69) is 20.0 Å². The van der Waals surface area contributed by atoms with Gasteiger partial charge in [-0.2, -0.15) is 0 Å². The largest absolute Gasteiger partial charge is 0.439 e. The molecule has 1 aliphatic heterocycles. The second kappa shape index (κ2) is 9.13. The minimum atomic E-state index is -3.69. The third-order valence-electron chi connectivity index (χ3n) is 5.02. The van der Waals surface area contributed by atoms with Crippen LogP contribution in [0.5, 0.6) is 0 Å². The summed E-state index contributed by atoms with van der Waals surface area (Å²) in [4.78, 5) is 13.7. The predicted molar refractivity (Wildman–Crippen MR) is 116 cm³/mol. The first-order valence-electron chi connectivity index (χ1n) is 9.50. The van der Waals surface area contributed by atoms with Gasteiger partial charge in [0.2, 0.25) is 0 Å².